The minimum Gasteiger partial charge on any atom is -0.351 e. The zero-order valence-electron chi connectivity index (χ0n) is 15.8. The van der Waals surface area contributed by atoms with Gasteiger partial charge in [-0.2, -0.15) is 0 Å². The third-order valence-electron chi connectivity index (χ3n) is 4.84. The number of hydrogen-bond donors (Lipinski definition) is 1. The van der Waals surface area contributed by atoms with E-state index < -0.39 is 0 Å². The first-order valence-corrected chi connectivity index (χ1v) is 9.21. The number of nitrogens with zero attached hydrogens (tertiary/aromatic N) is 2. The summed E-state index contributed by atoms with van der Waals surface area (Å²) < 4.78 is 26.5. The Morgan fingerprint density at radius 1 is 1.00 bits per heavy atom. The first kappa shape index (κ1) is 19.9. The van der Waals surface area contributed by atoms with Crippen molar-refractivity contribution >= 4 is 11.8 Å². The van der Waals surface area contributed by atoms with Crippen molar-refractivity contribution in [3.05, 3.63) is 70.8 Å². The molecule has 2 aromatic rings. The SMILES string of the molecule is Cc1ccc(CNC(=O)CN2CCN(C(=O)c3ccc(F)cc3)CC2)cc1F. The van der Waals surface area contributed by atoms with Crippen molar-refractivity contribution in [2.24, 2.45) is 0 Å². The summed E-state index contributed by atoms with van der Waals surface area (Å²) in [5, 5.41) is 2.79. The van der Waals surface area contributed by atoms with Gasteiger partial charge < -0.3 is 10.2 Å². The molecule has 1 saturated heterocycles. The highest BCUT2D eigenvalue weighted by Crippen LogP contribution is 2.11. The standard InChI is InChI=1S/C21H23F2N3O2/c1-15-2-3-16(12-19(15)23)13-24-20(27)14-25-8-10-26(11-9-25)21(28)17-4-6-18(22)7-5-17/h2-7,12H,8-11,13-14H2,1H3,(H,24,27). The third-order valence-corrected chi connectivity index (χ3v) is 4.84. The zero-order chi connectivity index (χ0) is 20.1. The van der Waals surface area contributed by atoms with Gasteiger partial charge in [-0.15, -0.1) is 0 Å². The van der Waals surface area contributed by atoms with Crippen LogP contribution in [0.2, 0.25) is 0 Å². The summed E-state index contributed by atoms with van der Waals surface area (Å²) in [5.41, 5.74) is 1.74. The minimum atomic E-state index is -0.374. The van der Waals surface area contributed by atoms with Crippen LogP contribution in [0.4, 0.5) is 8.78 Å². The molecule has 1 N–H and O–H groups in total. The van der Waals surface area contributed by atoms with Gasteiger partial charge in [0, 0.05) is 38.3 Å². The maximum Gasteiger partial charge on any atom is 0.253 e. The molecule has 2 aromatic carbocycles. The van der Waals surface area contributed by atoms with Crippen molar-refractivity contribution in [1.82, 2.24) is 15.1 Å². The van der Waals surface area contributed by atoms with E-state index in [4.69, 9.17) is 0 Å². The molecule has 0 atom stereocenters. The second-order valence-corrected chi connectivity index (χ2v) is 6.94. The number of carbonyl (C=O) groups is 2. The van der Waals surface area contributed by atoms with E-state index in [1.54, 1.807) is 24.0 Å². The maximum absolute atomic E-state index is 13.5. The van der Waals surface area contributed by atoms with Crippen LogP contribution in [0.15, 0.2) is 42.5 Å². The Morgan fingerprint density at radius 2 is 1.68 bits per heavy atom. The first-order valence-electron chi connectivity index (χ1n) is 9.21. The number of hydrogen-bond acceptors (Lipinski definition) is 3. The van der Waals surface area contributed by atoms with E-state index in [9.17, 15) is 18.4 Å². The van der Waals surface area contributed by atoms with E-state index in [-0.39, 0.29) is 36.5 Å². The van der Waals surface area contributed by atoms with Gasteiger partial charge in [-0.25, -0.2) is 8.78 Å². The number of aryl methyl sites for hydroxylation is 1. The van der Waals surface area contributed by atoms with E-state index in [1.165, 1.54) is 30.3 Å². The number of halogens is 2. The molecule has 1 aliphatic rings. The van der Waals surface area contributed by atoms with Crippen LogP contribution >= 0.6 is 0 Å². The summed E-state index contributed by atoms with van der Waals surface area (Å²) in [7, 11) is 0. The largest absolute Gasteiger partial charge is 0.351 e. The average Bonchev–Trinajstić information content (AvgIpc) is 2.69. The Balaban J connectivity index is 1.43. The summed E-state index contributed by atoms with van der Waals surface area (Å²) in [6, 6.07) is 10.4. The quantitative estimate of drug-likeness (QED) is 0.857. The van der Waals surface area contributed by atoms with Crippen LogP contribution < -0.4 is 5.32 Å². The predicted octanol–water partition coefficient (Wildman–Crippen LogP) is 2.35. The molecular weight excluding hydrogens is 364 g/mol. The normalized spacial score (nSPS) is 14.8. The lowest BCUT2D eigenvalue weighted by atomic mass is 10.1. The van der Waals surface area contributed by atoms with Crippen molar-refractivity contribution in [1.29, 1.82) is 0 Å². The van der Waals surface area contributed by atoms with Crippen molar-refractivity contribution < 1.29 is 18.4 Å². The molecule has 5 nitrogen and oxygen atoms in total. The highest BCUT2D eigenvalue weighted by Gasteiger charge is 2.23. The van der Waals surface area contributed by atoms with Crippen molar-refractivity contribution in [2.75, 3.05) is 32.7 Å². The molecule has 7 heteroatoms. The fourth-order valence-electron chi connectivity index (χ4n) is 3.09. The Kier molecular flexibility index (Phi) is 6.36. The molecule has 0 aliphatic carbocycles. The van der Waals surface area contributed by atoms with Crippen LogP contribution in [0.3, 0.4) is 0 Å². The first-order chi connectivity index (χ1) is 13.4. The lowest BCUT2D eigenvalue weighted by molar-refractivity contribution is -0.122. The van der Waals surface area contributed by atoms with Gasteiger partial charge in [0.2, 0.25) is 5.91 Å². The molecule has 1 fully saturated rings. The Morgan fingerprint density at radius 3 is 2.32 bits per heavy atom. The number of nitrogens with one attached hydrogen (secondary N) is 1. The van der Waals surface area contributed by atoms with Crippen molar-refractivity contribution in [3.8, 4) is 0 Å². The van der Waals surface area contributed by atoms with E-state index >= 15 is 0 Å². The van der Waals surface area contributed by atoms with Crippen LogP contribution in [0.5, 0.6) is 0 Å². The lowest BCUT2D eigenvalue weighted by Gasteiger charge is -2.34. The average molecular weight is 387 g/mol. The summed E-state index contributed by atoms with van der Waals surface area (Å²) in [6.07, 6.45) is 0. The molecular formula is C21H23F2N3O2. The van der Waals surface area contributed by atoms with Gasteiger partial charge in [0.05, 0.1) is 6.54 Å². The highest BCUT2D eigenvalue weighted by atomic mass is 19.1. The van der Waals surface area contributed by atoms with Gasteiger partial charge in [0.25, 0.3) is 5.91 Å². The number of benzene rings is 2. The molecule has 0 radical (unpaired) electrons. The monoisotopic (exact) mass is 387 g/mol. The molecule has 0 bridgehead atoms. The molecule has 0 unspecified atom stereocenters. The highest BCUT2D eigenvalue weighted by molar-refractivity contribution is 5.94. The molecule has 2 amide bonds. The van der Waals surface area contributed by atoms with Gasteiger partial charge in [0.1, 0.15) is 11.6 Å². The van der Waals surface area contributed by atoms with Gasteiger partial charge in [-0.3, -0.25) is 14.5 Å². The van der Waals surface area contributed by atoms with Gasteiger partial charge in [-0.05, 0) is 48.4 Å². The molecule has 0 saturated carbocycles. The molecule has 1 aliphatic heterocycles. The zero-order valence-corrected chi connectivity index (χ0v) is 15.8. The van der Waals surface area contributed by atoms with E-state index in [1.807, 2.05) is 4.90 Å². The predicted molar refractivity (Wildman–Crippen MR) is 102 cm³/mol. The Labute approximate surface area is 162 Å². The Bertz CT molecular complexity index is 847. The fraction of sp³-hybridized carbons (Fsp3) is 0.333. The third kappa shape index (κ3) is 5.13. The number of rotatable bonds is 5. The maximum atomic E-state index is 13.5. The molecule has 0 aromatic heterocycles. The van der Waals surface area contributed by atoms with Gasteiger partial charge in [0.15, 0.2) is 0 Å². The van der Waals surface area contributed by atoms with Gasteiger partial charge >= 0.3 is 0 Å². The second-order valence-electron chi connectivity index (χ2n) is 6.94. The van der Waals surface area contributed by atoms with E-state index in [0.717, 1.165) is 0 Å². The van der Waals surface area contributed by atoms with Crippen LogP contribution in [0, 0.1) is 18.6 Å². The second kappa shape index (κ2) is 8.93. The van der Waals surface area contributed by atoms with Gasteiger partial charge in [-0.1, -0.05) is 12.1 Å². The molecule has 1 heterocycles. The number of amides is 2. The van der Waals surface area contributed by atoms with Crippen LogP contribution in [0.1, 0.15) is 21.5 Å². The topological polar surface area (TPSA) is 52.7 Å². The number of piperazine rings is 1. The summed E-state index contributed by atoms with van der Waals surface area (Å²) in [6.45, 7) is 4.38. The van der Waals surface area contributed by atoms with E-state index in [0.29, 0.717) is 42.9 Å². The Hall–Kier alpha value is -2.80. The molecule has 28 heavy (non-hydrogen) atoms. The molecule has 148 valence electrons. The summed E-state index contributed by atoms with van der Waals surface area (Å²) in [5.74, 6) is -0.931. The molecule has 3 rings (SSSR count). The fourth-order valence-corrected chi connectivity index (χ4v) is 3.09. The lowest BCUT2D eigenvalue weighted by Crippen LogP contribution is -2.51. The number of carbonyl (C=O) groups excluding carboxylic acids is 2. The van der Waals surface area contributed by atoms with Crippen LogP contribution in [-0.2, 0) is 11.3 Å². The van der Waals surface area contributed by atoms with Crippen LogP contribution in [-0.4, -0.2) is 54.3 Å². The van der Waals surface area contributed by atoms with Crippen LogP contribution in [0.25, 0.3) is 0 Å². The smallest absolute Gasteiger partial charge is 0.253 e. The summed E-state index contributed by atoms with van der Waals surface area (Å²) in [4.78, 5) is 28.2. The summed E-state index contributed by atoms with van der Waals surface area (Å²) >= 11 is 0. The van der Waals surface area contributed by atoms with Crippen molar-refractivity contribution in [3.63, 3.8) is 0 Å². The van der Waals surface area contributed by atoms with E-state index in [2.05, 4.69) is 5.32 Å². The minimum absolute atomic E-state index is 0.134. The molecule has 0 spiro atoms. The van der Waals surface area contributed by atoms with Crippen molar-refractivity contribution in [2.45, 2.75) is 13.5 Å².